The van der Waals surface area contributed by atoms with E-state index in [-0.39, 0.29) is 24.0 Å². The van der Waals surface area contributed by atoms with Gasteiger partial charge in [-0.2, -0.15) is 0 Å². The average Bonchev–Trinajstić information content (AvgIpc) is 3.08. The van der Waals surface area contributed by atoms with Gasteiger partial charge in [0.25, 0.3) is 0 Å². The Morgan fingerprint density at radius 2 is 2.14 bits per heavy atom. The van der Waals surface area contributed by atoms with Gasteiger partial charge in [-0.15, -0.1) is 24.0 Å². The van der Waals surface area contributed by atoms with Crippen molar-refractivity contribution in [1.82, 2.24) is 20.5 Å². The summed E-state index contributed by atoms with van der Waals surface area (Å²) in [5, 5.41) is 8.96. The molecule has 1 aliphatic rings. The van der Waals surface area contributed by atoms with E-state index in [4.69, 9.17) is 16.3 Å². The number of hydrogen-bond acceptors (Lipinski definition) is 3. The number of guanidine groups is 1. The molecule has 0 amide bonds. The third kappa shape index (κ3) is 6.50. The zero-order chi connectivity index (χ0) is 19.1. The monoisotopic (exact) mass is 519 g/mol. The van der Waals surface area contributed by atoms with Crippen LogP contribution in [-0.2, 0) is 11.2 Å². The van der Waals surface area contributed by atoms with Gasteiger partial charge in [-0.25, -0.2) is 0 Å². The predicted molar refractivity (Wildman–Crippen MR) is 128 cm³/mol. The van der Waals surface area contributed by atoms with Gasteiger partial charge in [0, 0.05) is 68.5 Å². The summed E-state index contributed by atoms with van der Waals surface area (Å²) in [5.41, 5.74) is 2.39. The van der Waals surface area contributed by atoms with Gasteiger partial charge in [-0.05, 0) is 43.0 Å². The number of rotatable bonds is 7. The van der Waals surface area contributed by atoms with Gasteiger partial charge in [-0.3, -0.25) is 4.99 Å². The minimum absolute atomic E-state index is 0. The van der Waals surface area contributed by atoms with Crippen LogP contribution in [0.4, 0.5) is 0 Å². The average molecular weight is 520 g/mol. The van der Waals surface area contributed by atoms with Crippen molar-refractivity contribution in [2.24, 2.45) is 4.99 Å². The smallest absolute Gasteiger partial charge is 0.191 e. The summed E-state index contributed by atoms with van der Waals surface area (Å²) in [6.45, 7) is 4.86. The third-order valence-corrected chi connectivity index (χ3v) is 5.42. The van der Waals surface area contributed by atoms with Crippen molar-refractivity contribution in [3.05, 3.63) is 35.0 Å². The van der Waals surface area contributed by atoms with Crippen LogP contribution in [0.1, 0.15) is 18.4 Å². The molecule has 1 aliphatic heterocycles. The molecule has 156 valence electrons. The van der Waals surface area contributed by atoms with E-state index in [1.807, 2.05) is 25.2 Å². The normalized spacial score (nSPS) is 16.2. The second-order valence-corrected chi connectivity index (χ2v) is 7.44. The molecule has 3 rings (SSSR count). The molecule has 28 heavy (non-hydrogen) atoms. The summed E-state index contributed by atoms with van der Waals surface area (Å²) in [4.78, 5) is 10.1. The van der Waals surface area contributed by atoms with E-state index in [0.29, 0.717) is 6.04 Å². The number of fused-ring (bicyclic) bond motifs is 1. The van der Waals surface area contributed by atoms with Gasteiger partial charge in [0.15, 0.2) is 5.96 Å². The van der Waals surface area contributed by atoms with Crippen LogP contribution in [0.2, 0.25) is 5.02 Å². The van der Waals surface area contributed by atoms with Crippen molar-refractivity contribution in [1.29, 1.82) is 0 Å². The molecule has 0 radical (unpaired) electrons. The predicted octanol–water partition coefficient (Wildman–Crippen LogP) is 3.26. The van der Waals surface area contributed by atoms with E-state index in [1.54, 1.807) is 7.11 Å². The molecule has 0 spiro atoms. The first kappa shape index (κ1) is 23.3. The molecule has 1 aromatic carbocycles. The molecule has 2 aromatic rings. The lowest BCUT2D eigenvalue weighted by Gasteiger charge is -2.32. The van der Waals surface area contributed by atoms with E-state index in [2.05, 4.69) is 31.7 Å². The SMILES string of the molecule is CN=C(NCCc1c[nH]c2ccc(Cl)cc12)NC1CCN(CCOC)CC1.I. The van der Waals surface area contributed by atoms with Gasteiger partial charge >= 0.3 is 0 Å². The molecule has 0 unspecified atom stereocenters. The van der Waals surface area contributed by atoms with E-state index >= 15 is 0 Å². The molecule has 0 saturated carbocycles. The maximum absolute atomic E-state index is 6.13. The number of nitrogens with one attached hydrogen (secondary N) is 3. The van der Waals surface area contributed by atoms with E-state index in [9.17, 15) is 0 Å². The molecule has 1 fully saturated rings. The zero-order valence-electron chi connectivity index (χ0n) is 16.6. The second-order valence-electron chi connectivity index (χ2n) is 7.01. The number of halogens is 2. The molecule has 0 bridgehead atoms. The van der Waals surface area contributed by atoms with Crippen molar-refractivity contribution in [3.8, 4) is 0 Å². The number of aliphatic imine (C=N–C) groups is 1. The molecule has 1 saturated heterocycles. The Morgan fingerprint density at radius 3 is 2.86 bits per heavy atom. The molecule has 8 heteroatoms. The molecule has 2 heterocycles. The largest absolute Gasteiger partial charge is 0.383 e. The van der Waals surface area contributed by atoms with E-state index < -0.39 is 0 Å². The van der Waals surface area contributed by atoms with Crippen molar-refractivity contribution >= 4 is 52.4 Å². The molecule has 1 aromatic heterocycles. The lowest BCUT2D eigenvalue weighted by Crippen LogP contribution is -2.49. The Kier molecular flexibility index (Phi) is 9.84. The highest BCUT2D eigenvalue weighted by atomic mass is 127. The lowest BCUT2D eigenvalue weighted by atomic mass is 10.1. The van der Waals surface area contributed by atoms with Crippen molar-refractivity contribution in [3.63, 3.8) is 0 Å². The number of methoxy groups -OCH3 is 1. The Labute approximate surface area is 189 Å². The molecular formula is C20H31ClIN5O. The van der Waals surface area contributed by atoms with E-state index in [1.165, 1.54) is 10.9 Å². The molecule has 0 atom stereocenters. The van der Waals surface area contributed by atoms with Gasteiger partial charge < -0.3 is 25.3 Å². The quantitative estimate of drug-likeness (QED) is 0.299. The van der Waals surface area contributed by atoms with Gasteiger partial charge in [0.2, 0.25) is 0 Å². The summed E-state index contributed by atoms with van der Waals surface area (Å²) >= 11 is 6.13. The zero-order valence-corrected chi connectivity index (χ0v) is 19.7. The second kappa shape index (κ2) is 11.8. The Balaban J connectivity index is 0.00000280. The van der Waals surface area contributed by atoms with Crippen molar-refractivity contribution in [2.75, 3.05) is 46.9 Å². The van der Waals surface area contributed by atoms with Crippen LogP contribution in [0, 0.1) is 0 Å². The Bertz CT molecular complexity index is 758. The summed E-state index contributed by atoms with van der Waals surface area (Å²) in [7, 11) is 3.59. The lowest BCUT2D eigenvalue weighted by molar-refractivity contribution is 0.128. The van der Waals surface area contributed by atoms with E-state index in [0.717, 1.165) is 68.5 Å². The third-order valence-electron chi connectivity index (χ3n) is 5.18. The van der Waals surface area contributed by atoms with Crippen LogP contribution in [0.25, 0.3) is 10.9 Å². The maximum Gasteiger partial charge on any atom is 0.191 e. The maximum atomic E-state index is 6.13. The fourth-order valence-corrected chi connectivity index (χ4v) is 3.75. The van der Waals surface area contributed by atoms with Crippen molar-refractivity contribution in [2.45, 2.75) is 25.3 Å². The first-order valence-corrected chi connectivity index (χ1v) is 10.0. The summed E-state index contributed by atoms with van der Waals surface area (Å²) in [6.07, 6.45) is 5.24. The van der Waals surface area contributed by atoms with Crippen LogP contribution in [-0.4, -0.2) is 68.8 Å². The molecule has 0 aliphatic carbocycles. The van der Waals surface area contributed by atoms with Crippen molar-refractivity contribution < 1.29 is 4.74 Å². The minimum atomic E-state index is 0. The molecule has 3 N–H and O–H groups in total. The van der Waals surface area contributed by atoms with Crippen LogP contribution in [0.5, 0.6) is 0 Å². The minimum Gasteiger partial charge on any atom is -0.383 e. The number of aromatic amines is 1. The highest BCUT2D eigenvalue weighted by Gasteiger charge is 2.19. The van der Waals surface area contributed by atoms with Crippen LogP contribution in [0.3, 0.4) is 0 Å². The van der Waals surface area contributed by atoms with Crippen LogP contribution >= 0.6 is 35.6 Å². The number of H-pyrrole nitrogens is 1. The summed E-state index contributed by atoms with van der Waals surface area (Å²) in [6, 6.07) is 6.43. The number of likely N-dealkylation sites (tertiary alicyclic amines) is 1. The van der Waals surface area contributed by atoms with Crippen LogP contribution < -0.4 is 10.6 Å². The van der Waals surface area contributed by atoms with Gasteiger partial charge in [0.05, 0.1) is 6.61 Å². The highest BCUT2D eigenvalue weighted by Crippen LogP contribution is 2.22. The van der Waals surface area contributed by atoms with Gasteiger partial charge in [0.1, 0.15) is 0 Å². The number of ether oxygens (including phenoxy) is 1. The Morgan fingerprint density at radius 1 is 1.36 bits per heavy atom. The molecule has 6 nitrogen and oxygen atoms in total. The number of hydrogen-bond donors (Lipinski definition) is 3. The van der Waals surface area contributed by atoms with Crippen LogP contribution in [0.15, 0.2) is 29.4 Å². The highest BCUT2D eigenvalue weighted by molar-refractivity contribution is 14.0. The fourth-order valence-electron chi connectivity index (χ4n) is 3.58. The Hall–Kier alpha value is -1.03. The number of piperidine rings is 1. The molecular weight excluding hydrogens is 489 g/mol. The fraction of sp³-hybridized carbons (Fsp3) is 0.550. The standard InChI is InChI=1S/C20H30ClN5O.HI/c1-22-20(25-17-6-9-26(10-7-17)11-12-27-2)23-8-5-15-14-24-19-4-3-16(21)13-18(15)19;/h3-4,13-14,17,24H,5-12H2,1-2H3,(H2,22,23,25);1H. The first-order chi connectivity index (χ1) is 13.2. The number of nitrogens with zero attached hydrogens (tertiary/aromatic N) is 2. The first-order valence-electron chi connectivity index (χ1n) is 9.63. The number of benzene rings is 1. The number of aromatic nitrogens is 1. The summed E-state index contributed by atoms with van der Waals surface area (Å²) < 4.78 is 5.17. The summed E-state index contributed by atoms with van der Waals surface area (Å²) in [5.74, 6) is 0.878. The van der Waals surface area contributed by atoms with Gasteiger partial charge in [-0.1, -0.05) is 11.6 Å². The topological polar surface area (TPSA) is 64.7 Å².